The molecule has 0 heterocycles. The Balaban J connectivity index is 2.19. The Bertz CT molecular complexity index is 647. The standard InChI is InChI=1S/C15H12ClFN2/c1-10-2-3-11(8-18)6-15(10)19-9-12-7-13(16)4-5-14(12)17/h2-7,19H,9H2,1H3. The van der Waals surface area contributed by atoms with Gasteiger partial charge in [0, 0.05) is 22.8 Å². The summed E-state index contributed by atoms with van der Waals surface area (Å²) in [5.41, 5.74) is 2.88. The molecule has 4 heteroatoms. The highest BCUT2D eigenvalue weighted by atomic mass is 35.5. The zero-order valence-electron chi connectivity index (χ0n) is 10.4. The van der Waals surface area contributed by atoms with Gasteiger partial charge in [0.05, 0.1) is 11.6 Å². The Morgan fingerprint density at radius 2 is 2.05 bits per heavy atom. The van der Waals surface area contributed by atoms with Crippen molar-refractivity contribution in [1.29, 1.82) is 5.26 Å². The highest BCUT2D eigenvalue weighted by molar-refractivity contribution is 6.30. The first-order chi connectivity index (χ1) is 9.10. The van der Waals surface area contributed by atoms with E-state index in [4.69, 9.17) is 16.9 Å². The number of nitrogens with one attached hydrogen (secondary N) is 1. The molecule has 0 saturated heterocycles. The van der Waals surface area contributed by atoms with Crippen LogP contribution in [0.15, 0.2) is 36.4 Å². The monoisotopic (exact) mass is 274 g/mol. The number of hydrogen-bond acceptors (Lipinski definition) is 2. The molecule has 1 N–H and O–H groups in total. The minimum absolute atomic E-state index is 0.300. The molecule has 0 aromatic heterocycles. The summed E-state index contributed by atoms with van der Waals surface area (Å²) < 4.78 is 13.6. The summed E-state index contributed by atoms with van der Waals surface area (Å²) in [6.45, 7) is 2.25. The van der Waals surface area contributed by atoms with Crippen molar-refractivity contribution in [2.24, 2.45) is 0 Å². The molecule has 0 aliphatic carbocycles. The maximum atomic E-state index is 13.6. The molecule has 0 bridgehead atoms. The van der Waals surface area contributed by atoms with E-state index in [1.54, 1.807) is 18.2 Å². The van der Waals surface area contributed by atoms with E-state index in [1.807, 2.05) is 13.0 Å². The molecular formula is C15H12ClFN2. The molecule has 19 heavy (non-hydrogen) atoms. The second-order valence-corrected chi connectivity index (χ2v) is 4.67. The predicted molar refractivity (Wildman–Crippen MR) is 74.6 cm³/mol. The Morgan fingerprint density at radius 3 is 2.79 bits per heavy atom. The Kier molecular flexibility index (Phi) is 4.03. The number of aryl methyl sites for hydroxylation is 1. The van der Waals surface area contributed by atoms with E-state index >= 15 is 0 Å². The third-order valence-corrected chi connectivity index (χ3v) is 3.08. The summed E-state index contributed by atoms with van der Waals surface area (Å²) >= 11 is 5.84. The third kappa shape index (κ3) is 3.24. The minimum atomic E-state index is -0.300. The van der Waals surface area contributed by atoms with Crippen LogP contribution in [-0.2, 0) is 6.54 Å². The quantitative estimate of drug-likeness (QED) is 0.907. The van der Waals surface area contributed by atoms with Gasteiger partial charge in [0.15, 0.2) is 0 Å². The summed E-state index contributed by atoms with van der Waals surface area (Å²) in [7, 11) is 0. The number of nitriles is 1. The van der Waals surface area contributed by atoms with E-state index in [9.17, 15) is 4.39 Å². The zero-order valence-corrected chi connectivity index (χ0v) is 11.1. The number of rotatable bonds is 3. The van der Waals surface area contributed by atoms with Gasteiger partial charge in [0.1, 0.15) is 5.82 Å². The Hall–Kier alpha value is -2.05. The largest absolute Gasteiger partial charge is 0.381 e. The first-order valence-corrected chi connectivity index (χ1v) is 6.16. The fourth-order valence-electron chi connectivity index (χ4n) is 1.75. The lowest BCUT2D eigenvalue weighted by Crippen LogP contribution is -2.03. The molecule has 2 aromatic rings. The van der Waals surface area contributed by atoms with Gasteiger partial charge in [-0.1, -0.05) is 17.7 Å². The van der Waals surface area contributed by atoms with E-state index in [1.165, 1.54) is 12.1 Å². The number of anilines is 1. The van der Waals surface area contributed by atoms with Gasteiger partial charge in [0.25, 0.3) is 0 Å². The van der Waals surface area contributed by atoms with Crippen molar-refractivity contribution in [3.05, 3.63) is 63.9 Å². The second-order valence-electron chi connectivity index (χ2n) is 4.23. The molecule has 2 nitrogen and oxygen atoms in total. The highest BCUT2D eigenvalue weighted by Gasteiger charge is 2.05. The lowest BCUT2D eigenvalue weighted by molar-refractivity contribution is 0.613. The smallest absolute Gasteiger partial charge is 0.128 e. The predicted octanol–water partition coefficient (Wildman–Crippen LogP) is 4.27. The molecule has 0 fully saturated rings. The van der Waals surface area contributed by atoms with Gasteiger partial charge < -0.3 is 5.32 Å². The van der Waals surface area contributed by atoms with Crippen molar-refractivity contribution in [3.63, 3.8) is 0 Å². The summed E-state index contributed by atoms with van der Waals surface area (Å²) in [6, 6.07) is 11.9. The first kappa shape index (κ1) is 13.4. The average molecular weight is 275 g/mol. The minimum Gasteiger partial charge on any atom is -0.381 e. The Labute approximate surface area is 116 Å². The van der Waals surface area contributed by atoms with Crippen molar-refractivity contribution in [1.82, 2.24) is 0 Å². The van der Waals surface area contributed by atoms with Crippen LogP contribution in [0.1, 0.15) is 16.7 Å². The van der Waals surface area contributed by atoms with Gasteiger partial charge in [-0.05, 0) is 42.8 Å². The van der Waals surface area contributed by atoms with E-state index in [-0.39, 0.29) is 5.82 Å². The molecule has 0 aliphatic heterocycles. The maximum Gasteiger partial charge on any atom is 0.128 e. The van der Waals surface area contributed by atoms with Crippen LogP contribution in [0, 0.1) is 24.1 Å². The molecule has 0 amide bonds. The lowest BCUT2D eigenvalue weighted by Gasteiger charge is -2.10. The van der Waals surface area contributed by atoms with Crippen LogP contribution in [0.4, 0.5) is 10.1 Å². The molecular weight excluding hydrogens is 263 g/mol. The van der Waals surface area contributed by atoms with Crippen molar-refractivity contribution < 1.29 is 4.39 Å². The van der Waals surface area contributed by atoms with Crippen LogP contribution in [-0.4, -0.2) is 0 Å². The lowest BCUT2D eigenvalue weighted by atomic mass is 10.1. The van der Waals surface area contributed by atoms with Gasteiger partial charge in [0.2, 0.25) is 0 Å². The number of benzene rings is 2. The van der Waals surface area contributed by atoms with Gasteiger partial charge in [-0.3, -0.25) is 0 Å². The van der Waals surface area contributed by atoms with Crippen LogP contribution < -0.4 is 5.32 Å². The molecule has 0 unspecified atom stereocenters. The molecule has 2 rings (SSSR count). The van der Waals surface area contributed by atoms with Crippen molar-refractivity contribution in [2.45, 2.75) is 13.5 Å². The molecule has 0 spiro atoms. The summed E-state index contributed by atoms with van der Waals surface area (Å²) in [5.74, 6) is -0.300. The van der Waals surface area contributed by atoms with Crippen molar-refractivity contribution >= 4 is 17.3 Å². The van der Waals surface area contributed by atoms with Gasteiger partial charge in [-0.25, -0.2) is 4.39 Å². The van der Waals surface area contributed by atoms with Crippen LogP contribution in [0.25, 0.3) is 0 Å². The molecule has 0 saturated carbocycles. The third-order valence-electron chi connectivity index (χ3n) is 2.84. The summed E-state index contributed by atoms with van der Waals surface area (Å²) in [5, 5.41) is 12.5. The van der Waals surface area contributed by atoms with Crippen LogP contribution >= 0.6 is 11.6 Å². The van der Waals surface area contributed by atoms with E-state index < -0.39 is 0 Å². The zero-order chi connectivity index (χ0) is 13.8. The molecule has 0 atom stereocenters. The fourth-order valence-corrected chi connectivity index (χ4v) is 1.95. The number of halogens is 2. The van der Waals surface area contributed by atoms with Gasteiger partial charge in [-0.2, -0.15) is 5.26 Å². The van der Waals surface area contributed by atoms with E-state index in [0.29, 0.717) is 22.7 Å². The van der Waals surface area contributed by atoms with Crippen molar-refractivity contribution in [2.75, 3.05) is 5.32 Å². The average Bonchev–Trinajstić information content (AvgIpc) is 2.41. The highest BCUT2D eigenvalue weighted by Crippen LogP contribution is 2.20. The van der Waals surface area contributed by atoms with Crippen LogP contribution in [0.5, 0.6) is 0 Å². The first-order valence-electron chi connectivity index (χ1n) is 5.78. The maximum absolute atomic E-state index is 13.6. The van der Waals surface area contributed by atoms with Gasteiger partial charge >= 0.3 is 0 Å². The topological polar surface area (TPSA) is 35.8 Å². The molecule has 0 radical (unpaired) electrons. The second kappa shape index (κ2) is 5.73. The molecule has 96 valence electrons. The molecule has 2 aromatic carbocycles. The van der Waals surface area contributed by atoms with Gasteiger partial charge in [-0.15, -0.1) is 0 Å². The summed E-state index contributed by atoms with van der Waals surface area (Å²) in [6.07, 6.45) is 0. The fraction of sp³-hybridized carbons (Fsp3) is 0.133. The summed E-state index contributed by atoms with van der Waals surface area (Å²) in [4.78, 5) is 0. The SMILES string of the molecule is Cc1ccc(C#N)cc1NCc1cc(Cl)ccc1F. The normalized spacial score (nSPS) is 10.0. The Morgan fingerprint density at radius 1 is 1.26 bits per heavy atom. The number of nitrogens with zero attached hydrogens (tertiary/aromatic N) is 1. The molecule has 0 aliphatic rings. The van der Waals surface area contributed by atoms with Crippen LogP contribution in [0.2, 0.25) is 5.02 Å². The van der Waals surface area contributed by atoms with Crippen LogP contribution in [0.3, 0.4) is 0 Å². The number of hydrogen-bond donors (Lipinski definition) is 1. The van der Waals surface area contributed by atoms with Crippen molar-refractivity contribution in [3.8, 4) is 6.07 Å². The van der Waals surface area contributed by atoms with E-state index in [0.717, 1.165) is 11.3 Å². The van der Waals surface area contributed by atoms with E-state index in [2.05, 4.69) is 11.4 Å².